The third-order valence-electron chi connectivity index (χ3n) is 5.36. The molecule has 0 heterocycles. The molecule has 0 amide bonds. The Morgan fingerprint density at radius 3 is 0.781 bits per heavy atom. The van der Waals surface area contributed by atoms with Crippen LogP contribution < -0.4 is 0 Å². The number of rotatable bonds is 21. The molecule has 0 aliphatic carbocycles. The van der Waals surface area contributed by atoms with Crippen molar-refractivity contribution in [3.63, 3.8) is 0 Å². The molecule has 0 radical (unpaired) electrons. The predicted octanol–water partition coefficient (Wildman–Crippen LogP) is 12.1. The van der Waals surface area contributed by atoms with Crippen LogP contribution in [0.4, 0.5) is 25.2 Å². The van der Waals surface area contributed by atoms with E-state index < -0.39 is 7.81 Å². The second-order valence-electron chi connectivity index (χ2n) is 8.99. The maximum atomic E-state index is 9.87. The molecule has 32 heavy (non-hydrogen) atoms. The van der Waals surface area contributed by atoms with E-state index in [1.54, 1.807) is 17.3 Å². The average Bonchev–Trinajstić information content (AvgIpc) is 2.66. The van der Waals surface area contributed by atoms with Crippen LogP contribution in [0.3, 0.4) is 0 Å². The van der Waals surface area contributed by atoms with Gasteiger partial charge in [0.05, 0.1) is 0 Å². The summed E-state index contributed by atoms with van der Waals surface area (Å²) in [4.78, 5) is 0. The van der Waals surface area contributed by atoms with Gasteiger partial charge in [-0.1, -0.05) is 97.8 Å². The standard InChI is InChI=1S/C24H51S.F6P/c1-4-7-10-13-16-19-22-25(23-20-17-14-11-8-5-2)24-21-18-15-12-9-6-3;1-7(2,3,4,5)6/h4-24H2,1-3H3;/q+1;-1. The monoisotopic (exact) mass is 516 g/mol. The van der Waals surface area contributed by atoms with Crippen LogP contribution >= 0.6 is 7.81 Å². The summed E-state index contributed by atoms with van der Waals surface area (Å²) in [6.45, 7) is 6.95. The fraction of sp³-hybridized carbons (Fsp3) is 1.00. The number of hydrogen-bond acceptors (Lipinski definition) is 0. The van der Waals surface area contributed by atoms with Crippen LogP contribution in [0.1, 0.15) is 136 Å². The van der Waals surface area contributed by atoms with E-state index in [4.69, 9.17) is 0 Å². The summed E-state index contributed by atoms with van der Waals surface area (Å²) < 4.78 is 59.2. The second-order valence-corrected chi connectivity index (χ2v) is 13.4. The molecule has 0 aromatic rings. The Balaban J connectivity index is 0. The van der Waals surface area contributed by atoms with Gasteiger partial charge in [0.2, 0.25) is 0 Å². The summed E-state index contributed by atoms with van der Waals surface area (Å²) in [5, 5.41) is 0. The van der Waals surface area contributed by atoms with Gasteiger partial charge >= 0.3 is 33.0 Å². The summed E-state index contributed by atoms with van der Waals surface area (Å²) in [5.41, 5.74) is 0. The first-order valence-electron chi connectivity index (χ1n) is 13.0. The Kier molecular flexibility index (Phi) is 20.1. The van der Waals surface area contributed by atoms with Gasteiger partial charge in [0, 0.05) is 0 Å². The first-order valence-corrected chi connectivity index (χ1v) is 16.8. The Hall–Kier alpha value is 0.360. The zero-order valence-corrected chi connectivity index (χ0v) is 22.7. The van der Waals surface area contributed by atoms with Crippen LogP contribution in [0.25, 0.3) is 0 Å². The van der Waals surface area contributed by atoms with Gasteiger partial charge < -0.3 is 0 Å². The fourth-order valence-electron chi connectivity index (χ4n) is 3.57. The molecule has 0 saturated heterocycles. The Morgan fingerprint density at radius 2 is 0.562 bits per heavy atom. The number of halogens is 6. The quantitative estimate of drug-likeness (QED) is 0.0616. The first kappa shape index (κ1) is 34.5. The number of hydrogen-bond donors (Lipinski definition) is 0. The van der Waals surface area contributed by atoms with Gasteiger partial charge in [-0.15, -0.1) is 0 Å². The Bertz CT molecular complexity index is 350. The van der Waals surface area contributed by atoms with Crippen LogP contribution in [0, 0.1) is 0 Å². The van der Waals surface area contributed by atoms with Crippen molar-refractivity contribution in [2.75, 3.05) is 17.3 Å². The molecular formula is C24H51F6PS. The van der Waals surface area contributed by atoms with Crippen molar-refractivity contribution >= 4 is 18.7 Å². The number of unbranched alkanes of at least 4 members (excludes halogenated alkanes) is 15. The van der Waals surface area contributed by atoms with E-state index in [0.29, 0.717) is 0 Å². The summed E-state index contributed by atoms with van der Waals surface area (Å²) in [5.74, 6) is 4.65. The third kappa shape index (κ3) is 44.1. The molecule has 200 valence electrons. The Morgan fingerprint density at radius 1 is 0.375 bits per heavy atom. The summed E-state index contributed by atoms with van der Waals surface area (Å²) in [6, 6.07) is 0. The molecule has 8 heteroatoms. The van der Waals surface area contributed by atoms with Crippen molar-refractivity contribution in [1.29, 1.82) is 0 Å². The van der Waals surface area contributed by atoms with Crippen molar-refractivity contribution in [3.8, 4) is 0 Å². The molecule has 0 aliphatic rings. The normalized spacial score (nSPS) is 14.1. The van der Waals surface area contributed by atoms with Gasteiger partial charge in [-0.3, -0.25) is 0 Å². The summed E-state index contributed by atoms with van der Waals surface area (Å²) in [6.07, 6.45) is 26.4. The minimum absolute atomic E-state index is 0.754. The van der Waals surface area contributed by atoms with Crippen LogP contribution in [0.5, 0.6) is 0 Å². The molecule has 0 fully saturated rings. The predicted molar refractivity (Wildman–Crippen MR) is 136 cm³/mol. The maximum absolute atomic E-state index is 10.7. The average molecular weight is 517 g/mol. The third-order valence-corrected chi connectivity index (χ3v) is 7.96. The molecule has 0 N–H and O–H groups in total. The van der Waals surface area contributed by atoms with Crippen molar-refractivity contribution in [1.82, 2.24) is 0 Å². The molecule has 0 aromatic heterocycles. The van der Waals surface area contributed by atoms with Crippen LogP contribution in [-0.2, 0) is 10.9 Å². The van der Waals surface area contributed by atoms with Crippen molar-refractivity contribution < 1.29 is 25.2 Å². The van der Waals surface area contributed by atoms with E-state index >= 15 is 0 Å². The Labute approximate surface area is 197 Å². The molecule has 0 nitrogen and oxygen atoms in total. The van der Waals surface area contributed by atoms with Crippen molar-refractivity contribution in [2.24, 2.45) is 0 Å². The van der Waals surface area contributed by atoms with Crippen molar-refractivity contribution in [3.05, 3.63) is 0 Å². The molecule has 0 saturated carbocycles. The SMILES string of the molecule is CCCCCCCC[S+](CCCCCCCC)CCCCCCCC.F[P-](F)(F)(F)(F)F. The molecule has 0 spiro atoms. The molecule has 0 rings (SSSR count). The zero-order chi connectivity index (χ0) is 24.8. The fourth-order valence-corrected chi connectivity index (χ4v) is 6.02. The van der Waals surface area contributed by atoms with E-state index in [1.807, 2.05) is 0 Å². The van der Waals surface area contributed by atoms with Crippen LogP contribution in [-0.4, -0.2) is 17.3 Å². The van der Waals surface area contributed by atoms with E-state index in [9.17, 15) is 25.2 Å². The van der Waals surface area contributed by atoms with Gasteiger partial charge in [-0.2, -0.15) is 0 Å². The van der Waals surface area contributed by atoms with Crippen LogP contribution in [0.15, 0.2) is 0 Å². The van der Waals surface area contributed by atoms with E-state index in [0.717, 1.165) is 10.9 Å². The molecule has 0 bridgehead atoms. The second kappa shape index (κ2) is 18.7. The van der Waals surface area contributed by atoms with Gasteiger partial charge in [-0.05, 0) is 49.4 Å². The van der Waals surface area contributed by atoms with Crippen molar-refractivity contribution in [2.45, 2.75) is 136 Å². The summed E-state index contributed by atoms with van der Waals surface area (Å²) in [7, 11) is -9.90. The molecule has 0 aromatic carbocycles. The van der Waals surface area contributed by atoms with Gasteiger partial charge in [0.15, 0.2) is 0 Å². The zero-order valence-electron chi connectivity index (χ0n) is 21.0. The van der Waals surface area contributed by atoms with E-state index in [1.165, 1.54) is 116 Å². The van der Waals surface area contributed by atoms with Crippen LogP contribution in [0.2, 0.25) is 0 Å². The molecule has 0 unspecified atom stereocenters. The van der Waals surface area contributed by atoms with E-state index in [-0.39, 0.29) is 0 Å². The van der Waals surface area contributed by atoms with Gasteiger partial charge in [0.25, 0.3) is 0 Å². The molecule has 0 atom stereocenters. The van der Waals surface area contributed by atoms with E-state index in [2.05, 4.69) is 20.8 Å². The molecule has 0 aliphatic heterocycles. The summed E-state index contributed by atoms with van der Waals surface area (Å²) >= 11 is 0. The topological polar surface area (TPSA) is 0 Å². The van der Waals surface area contributed by atoms with Gasteiger partial charge in [-0.25, -0.2) is 0 Å². The van der Waals surface area contributed by atoms with Gasteiger partial charge in [0.1, 0.15) is 17.3 Å². The minimum atomic E-state index is -10.7. The molecular weight excluding hydrogens is 465 g/mol. The first-order chi connectivity index (χ1) is 14.8.